The maximum atomic E-state index is 8.12. The van der Waals surface area contributed by atoms with E-state index in [2.05, 4.69) is 26.9 Å². The van der Waals surface area contributed by atoms with Gasteiger partial charge in [-0.2, -0.15) is 0 Å². The Balaban J connectivity index is 2.26. The highest BCUT2D eigenvalue weighted by Gasteiger charge is 1.97. The fourth-order valence-electron chi connectivity index (χ4n) is 1.51. The standard InChI is InChI=1S/C13H10N4/c14-17-16-10-2-1-5-11-6-3-7-12-8-4-9-15-13(11)12/h3-4,6-9H,2,10H2. The molecule has 0 atom stereocenters. The minimum absolute atomic E-state index is 0.404. The Kier molecular flexibility index (Phi) is 3.59. The Morgan fingerprint density at radius 2 is 2.18 bits per heavy atom. The van der Waals surface area contributed by atoms with Gasteiger partial charge in [-0.1, -0.05) is 35.2 Å². The van der Waals surface area contributed by atoms with E-state index >= 15 is 0 Å². The third kappa shape index (κ3) is 2.75. The van der Waals surface area contributed by atoms with Crippen molar-refractivity contribution in [1.82, 2.24) is 4.98 Å². The van der Waals surface area contributed by atoms with E-state index in [0.29, 0.717) is 13.0 Å². The van der Waals surface area contributed by atoms with Crippen LogP contribution in [0, 0.1) is 11.8 Å². The van der Waals surface area contributed by atoms with E-state index in [4.69, 9.17) is 5.53 Å². The van der Waals surface area contributed by atoms with Gasteiger partial charge in [0.05, 0.1) is 11.1 Å². The molecule has 0 bridgehead atoms. The van der Waals surface area contributed by atoms with Gasteiger partial charge >= 0.3 is 0 Å². The number of rotatable bonds is 2. The zero-order valence-corrected chi connectivity index (χ0v) is 9.17. The van der Waals surface area contributed by atoms with Gasteiger partial charge < -0.3 is 0 Å². The van der Waals surface area contributed by atoms with Crippen LogP contribution in [0.5, 0.6) is 0 Å². The van der Waals surface area contributed by atoms with Gasteiger partial charge in [0, 0.05) is 29.5 Å². The lowest BCUT2D eigenvalue weighted by Crippen LogP contribution is -1.83. The summed E-state index contributed by atoms with van der Waals surface area (Å²) in [4.78, 5) is 6.99. The van der Waals surface area contributed by atoms with Crippen LogP contribution in [0.4, 0.5) is 0 Å². The number of azide groups is 1. The summed E-state index contributed by atoms with van der Waals surface area (Å²) >= 11 is 0. The molecule has 1 aromatic carbocycles. The van der Waals surface area contributed by atoms with Crippen LogP contribution in [0.25, 0.3) is 21.3 Å². The predicted octanol–water partition coefficient (Wildman–Crippen LogP) is 3.29. The molecular weight excluding hydrogens is 212 g/mol. The summed E-state index contributed by atoms with van der Waals surface area (Å²) in [5, 5.41) is 4.51. The number of pyridine rings is 1. The maximum absolute atomic E-state index is 8.12. The molecular formula is C13H10N4. The summed E-state index contributed by atoms with van der Waals surface area (Å²) in [7, 11) is 0. The second-order valence-corrected chi connectivity index (χ2v) is 3.39. The van der Waals surface area contributed by atoms with E-state index in [0.717, 1.165) is 16.5 Å². The summed E-state index contributed by atoms with van der Waals surface area (Å²) in [6, 6.07) is 9.82. The Hall–Kier alpha value is -2.50. The van der Waals surface area contributed by atoms with Crippen molar-refractivity contribution in [3.63, 3.8) is 0 Å². The van der Waals surface area contributed by atoms with Crippen molar-refractivity contribution >= 4 is 10.9 Å². The van der Waals surface area contributed by atoms with Gasteiger partial charge in [0.15, 0.2) is 0 Å². The summed E-state index contributed by atoms with van der Waals surface area (Å²) in [5.41, 5.74) is 9.94. The fourth-order valence-corrected chi connectivity index (χ4v) is 1.51. The molecule has 0 amide bonds. The smallest absolute Gasteiger partial charge is 0.0858 e. The zero-order chi connectivity index (χ0) is 11.9. The molecule has 4 nitrogen and oxygen atoms in total. The first-order valence-corrected chi connectivity index (χ1v) is 5.25. The van der Waals surface area contributed by atoms with Crippen LogP contribution in [-0.4, -0.2) is 11.5 Å². The number of aromatic nitrogens is 1. The van der Waals surface area contributed by atoms with E-state index in [1.807, 2.05) is 30.3 Å². The van der Waals surface area contributed by atoms with Crippen molar-refractivity contribution < 1.29 is 0 Å². The van der Waals surface area contributed by atoms with Crippen molar-refractivity contribution in [2.24, 2.45) is 5.11 Å². The van der Waals surface area contributed by atoms with Crippen molar-refractivity contribution in [2.45, 2.75) is 6.42 Å². The molecule has 4 heteroatoms. The third-order valence-corrected chi connectivity index (χ3v) is 2.26. The lowest BCUT2D eigenvalue weighted by molar-refractivity contribution is 1.01. The Morgan fingerprint density at radius 3 is 3.06 bits per heavy atom. The lowest BCUT2D eigenvalue weighted by atomic mass is 10.1. The molecule has 0 radical (unpaired) electrons. The number of hydrogen-bond acceptors (Lipinski definition) is 2. The Morgan fingerprint density at radius 1 is 1.29 bits per heavy atom. The predicted molar refractivity (Wildman–Crippen MR) is 67.3 cm³/mol. The molecule has 1 heterocycles. The minimum atomic E-state index is 0.404. The van der Waals surface area contributed by atoms with Gasteiger partial charge in [-0.3, -0.25) is 4.98 Å². The zero-order valence-electron chi connectivity index (χ0n) is 9.17. The third-order valence-electron chi connectivity index (χ3n) is 2.26. The van der Waals surface area contributed by atoms with E-state index in [1.165, 1.54) is 0 Å². The highest BCUT2D eigenvalue weighted by Crippen LogP contribution is 2.14. The van der Waals surface area contributed by atoms with Crippen molar-refractivity contribution in [2.75, 3.05) is 6.54 Å². The van der Waals surface area contributed by atoms with Crippen LogP contribution >= 0.6 is 0 Å². The molecule has 1 aromatic heterocycles. The number of hydrogen-bond donors (Lipinski definition) is 0. The summed E-state index contributed by atoms with van der Waals surface area (Å²) in [5.74, 6) is 6.02. The fraction of sp³-hybridized carbons (Fsp3) is 0.154. The van der Waals surface area contributed by atoms with Gasteiger partial charge in [0.2, 0.25) is 0 Å². The first-order valence-electron chi connectivity index (χ1n) is 5.25. The van der Waals surface area contributed by atoms with Gasteiger partial charge in [0.25, 0.3) is 0 Å². The van der Waals surface area contributed by atoms with E-state index in [9.17, 15) is 0 Å². The van der Waals surface area contributed by atoms with Crippen LogP contribution < -0.4 is 0 Å². The van der Waals surface area contributed by atoms with Crippen LogP contribution in [0.1, 0.15) is 12.0 Å². The van der Waals surface area contributed by atoms with Crippen molar-refractivity contribution in [3.8, 4) is 11.8 Å². The molecule has 17 heavy (non-hydrogen) atoms. The molecule has 2 aromatic rings. The molecule has 0 aliphatic rings. The molecule has 0 saturated heterocycles. The SMILES string of the molecule is [N-]=[N+]=NCCC#Cc1cccc2cccnc12. The van der Waals surface area contributed by atoms with Crippen LogP contribution in [0.2, 0.25) is 0 Å². The molecule has 0 fully saturated rings. The Bertz CT molecular complexity index is 625. The van der Waals surface area contributed by atoms with Crippen LogP contribution in [-0.2, 0) is 0 Å². The van der Waals surface area contributed by atoms with Gasteiger partial charge in [-0.15, -0.1) is 0 Å². The van der Waals surface area contributed by atoms with Crippen LogP contribution in [0.15, 0.2) is 41.6 Å². The van der Waals surface area contributed by atoms with Gasteiger partial charge in [-0.05, 0) is 17.7 Å². The lowest BCUT2D eigenvalue weighted by Gasteiger charge is -1.97. The molecule has 0 N–H and O–H groups in total. The summed E-state index contributed by atoms with van der Waals surface area (Å²) < 4.78 is 0. The molecule has 0 aliphatic carbocycles. The monoisotopic (exact) mass is 222 g/mol. The number of fused-ring (bicyclic) bond motifs is 1. The molecule has 0 spiro atoms. The van der Waals surface area contributed by atoms with Crippen molar-refractivity contribution in [3.05, 3.63) is 52.5 Å². The number of benzene rings is 1. The van der Waals surface area contributed by atoms with E-state index < -0.39 is 0 Å². The van der Waals surface area contributed by atoms with Gasteiger partial charge in [0.1, 0.15) is 0 Å². The normalized spacial score (nSPS) is 9.18. The largest absolute Gasteiger partial charge is 0.255 e. The van der Waals surface area contributed by atoms with E-state index in [-0.39, 0.29) is 0 Å². The van der Waals surface area contributed by atoms with Gasteiger partial charge in [-0.25, -0.2) is 0 Å². The molecule has 0 saturated carbocycles. The van der Waals surface area contributed by atoms with Crippen molar-refractivity contribution in [1.29, 1.82) is 0 Å². The summed E-state index contributed by atoms with van der Waals surface area (Å²) in [6.45, 7) is 0.404. The minimum Gasteiger partial charge on any atom is -0.255 e. The highest BCUT2D eigenvalue weighted by molar-refractivity contribution is 5.84. The van der Waals surface area contributed by atoms with Crippen LogP contribution in [0.3, 0.4) is 0 Å². The van der Waals surface area contributed by atoms with E-state index in [1.54, 1.807) is 6.20 Å². The molecule has 0 aliphatic heterocycles. The second kappa shape index (κ2) is 5.55. The molecule has 82 valence electrons. The second-order valence-electron chi connectivity index (χ2n) is 3.39. The highest BCUT2D eigenvalue weighted by atomic mass is 15.1. The average molecular weight is 222 g/mol. The Labute approximate surface area is 98.9 Å². The first-order chi connectivity index (χ1) is 8.42. The maximum Gasteiger partial charge on any atom is 0.0858 e. The quantitative estimate of drug-likeness (QED) is 0.253. The number of para-hydroxylation sites is 1. The molecule has 2 rings (SSSR count). The first kappa shape index (κ1) is 11.0. The average Bonchev–Trinajstić information content (AvgIpc) is 2.39. The molecule has 0 unspecified atom stereocenters. The summed E-state index contributed by atoms with van der Waals surface area (Å²) in [6.07, 6.45) is 2.32. The number of nitrogens with zero attached hydrogens (tertiary/aromatic N) is 4. The topological polar surface area (TPSA) is 61.7 Å².